The van der Waals surface area contributed by atoms with E-state index in [0.717, 1.165) is 70.6 Å². The van der Waals surface area contributed by atoms with Crippen molar-refractivity contribution in [3.8, 4) is 0 Å². The van der Waals surface area contributed by atoms with E-state index >= 15 is 0 Å². The number of likely N-dealkylation sites (N-methyl/N-ethyl adjacent to an activating group) is 1. The Balaban J connectivity index is 3.99. The summed E-state index contributed by atoms with van der Waals surface area (Å²) in [7, 11) is 1.49. The van der Waals surface area contributed by atoms with Crippen LogP contribution in [0.2, 0.25) is 0 Å². The molecule has 0 amide bonds. The molecule has 9 nitrogen and oxygen atoms in total. The van der Waals surface area contributed by atoms with Crippen LogP contribution in [0.1, 0.15) is 348 Å². The maximum atomic E-state index is 12.9. The first-order chi connectivity index (χ1) is 42.0. The SMILES string of the molecule is CC/C=C\C/C=C\C/C=C\C/C=C\C/C=C\C/C=C\CCCCCCCCCCCCCCCCCCC(=O)OC(COC(=O)CCCCCCCCCCCCCCCCCCCCCCCCCCCCC)COP(=O)(O)OCC[N+](C)(C)C. The minimum atomic E-state index is -4.39. The van der Waals surface area contributed by atoms with Gasteiger partial charge in [-0.3, -0.25) is 18.6 Å². The van der Waals surface area contributed by atoms with E-state index in [1.165, 1.54) is 244 Å². The Morgan fingerprint density at radius 1 is 0.372 bits per heavy atom. The Bertz CT molecular complexity index is 1680. The lowest BCUT2D eigenvalue weighted by Crippen LogP contribution is -2.37. The minimum Gasteiger partial charge on any atom is -0.462 e. The molecular weight excluding hydrogens is 1090 g/mol. The summed E-state index contributed by atoms with van der Waals surface area (Å²) in [5.74, 6) is -0.780. The molecule has 0 aromatic carbocycles. The van der Waals surface area contributed by atoms with Gasteiger partial charge in [0.15, 0.2) is 6.10 Å². The predicted molar refractivity (Wildman–Crippen MR) is 372 cm³/mol. The van der Waals surface area contributed by atoms with Gasteiger partial charge in [-0.1, -0.05) is 344 Å². The number of hydrogen-bond acceptors (Lipinski definition) is 7. The van der Waals surface area contributed by atoms with Crippen molar-refractivity contribution in [3.05, 3.63) is 72.9 Å². The first kappa shape index (κ1) is 83.5. The van der Waals surface area contributed by atoms with Crippen LogP contribution in [0.25, 0.3) is 0 Å². The van der Waals surface area contributed by atoms with E-state index < -0.39 is 26.5 Å². The summed E-state index contributed by atoms with van der Waals surface area (Å²) in [4.78, 5) is 35.9. The fraction of sp³-hybridized carbons (Fsp3) is 0.816. The van der Waals surface area contributed by atoms with E-state index in [1.807, 2.05) is 21.1 Å². The van der Waals surface area contributed by atoms with Crippen LogP contribution in [-0.2, 0) is 32.7 Å². The van der Waals surface area contributed by atoms with Gasteiger partial charge in [-0.2, -0.15) is 0 Å². The molecule has 10 heteroatoms. The van der Waals surface area contributed by atoms with Crippen LogP contribution in [-0.4, -0.2) is 74.9 Å². The van der Waals surface area contributed by atoms with Gasteiger partial charge in [0.2, 0.25) is 0 Å². The Morgan fingerprint density at radius 3 is 0.988 bits per heavy atom. The zero-order chi connectivity index (χ0) is 62.6. The summed E-state index contributed by atoms with van der Waals surface area (Å²) in [6, 6.07) is 0. The highest BCUT2D eigenvalue weighted by molar-refractivity contribution is 7.47. The molecule has 0 saturated heterocycles. The fourth-order valence-electron chi connectivity index (χ4n) is 10.7. The summed E-state index contributed by atoms with van der Waals surface area (Å²) >= 11 is 0. The van der Waals surface area contributed by atoms with Gasteiger partial charge in [0.05, 0.1) is 27.7 Å². The van der Waals surface area contributed by atoms with E-state index in [0.29, 0.717) is 23.9 Å². The number of carbonyl (C=O) groups excluding carboxylic acids is 2. The Labute approximate surface area is 533 Å². The van der Waals surface area contributed by atoms with Gasteiger partial charge in [-0.05, 0) is 64.2 Å². The average molecular weight is 1230 g/mol. The van der Waals surface area contributed by atoms with E-state index in [9.17, 15) is 19.0 Å². The molecule has 0 spiro atoms. The summed E-state index contributed by atoms with van der Waals surface area (Å²) < 4.78 is 34.8. The van der Waals surface area contributed by atoms with Gasteiger partial charge in [0, 0.05) is 12.8 Å². The van der Waals surface area contributed by atoms with Crippen LogP contribution in [0.4, 0.5) is 0 Å². The lowest BCUT2D eigenvalue weighted by Gasteiger charge is -2.24. The molecule has 0 fully saturated rings. The number of nitrogens with zero attached hydrogens (tertiary/aromatic N) is 1. The minimum absolute atomic E-state index is 0.0326. The third kappa shape index (κ3) is 70.5. The topological polar surface area (TPSA) is 108 Å². The molecule has 2 atom stereocenters. The molecule has 0 aliphatic carbocycles. The largest absolute Gasteiger partial charge is 0.472 e. The van der Waals surface area contributed by atoms with Crippen molar-refractivity contribution in [1.82, 2.24) is 0 Å². The molecule has 1 N–H and O–H groups in total. The summed E-state index contributed by atoms with van der Waals surface area (Å²) in [6.45, 7) is 4.38. The molecule has 2 unspecified atom stereocenters. The van der Waals surface area contributed by atoms with Gasteiger partial charge in [0.1, 0.15) is 19.8 Å². The van der Waals surface area contributed by atoms with Crippen molar-refractivity contribution in [2.75, 3.05) is 47.5 Å². The summed E-state index contributed by atoms with van der Waals surface area (Å²) in [5.41, 5.74) is 0. The molecule has 0 aromatic heterocycles. The molecule has 86 heavy (non-hydrogen) atoms. The molecule has 502 valence electrons. The second-order valence-corrected chi connectivity index (χ2v) is 27.4. The zero-order valence-corrected chi connectivity index (χ0v) is 58.2. The van der Waals surface area contributed by atoms with E-state index in [-0.39, 0.29) is 25.6 Å². The van der Waals surface area contributed by atoms with Crippen LogP contribution in [0.15, 0.2) is 72.9 Å². The van der Waals surface area contributed by atoms with Gasteiger partial charge < -0.3 is 18.9 Å². The van der Waals surface area contributed by atoms with Crippen molar-refractivity contribution in [2.24, 2.45) is 0 Å². The van der Waals surface area contributed by atoms with Crippen LogP contribution in [0, 0.1) is 0 Å². The molecule has 0 aliphatic heterocycles. The number of allylic oxidation sites excluding steroid dienone is 12. The average Bonchev–Trinajstić information content (AvgIpc) is 3.56. The highest BCUT2D eigenvalue weighted by atomic mass is 31.2. The third-order valence-electron chi connectivity index (χ3n) is 16.3. The maximum Gasteiger partial charge on any atom is 0.472 e. The zero-order valence-electron chi connectivity index (χ0n) is 57.3. The van der Waals surface area contributed by atoms with E-state index in [4.69, 9.17) is 18.5 Å². The van der Waals surface area contributed by atoms with Crippen LogP contribution >= 0.6 is 7.82 Å². The second-order valence-electron chi connectivity index (χ2n) is 26.0. The molecule has 0 rings (SSSR count). The van der Waals surface area contributed by atoms with Crippen molar-refractivity contribution in [2.45, 2.75) is 354 Å². The summed E-state index contributed by atoms with van der Waals surface area (Å²) in [5, 5.41) is 0. The third-order valence-corrected chi connectivity index (χ3v) is 17.2. The maximum absolute atomic E-state index is 12.9. The lowest BCUT2D eigenvalue weighted by molar-refractivity contribution is -0.870. The summed E-state index contributed by atoms with van der Waals surface area (Å²) in [6.07, 6.45) is 90.2. The number of carbonyl (C=O) groups is 2. The van der Waals surface area contributed by atoms with Gasteiger partial charge >= 0.3 is 19.8 Å². The molecule has 0 heterocycles. The van der Waals surface area contributed by atoms with E-state index in [1.54, 1.807) is 0 Å². The van der Waals surface area contributed by atoms with Crippen LogP contribution in [0.3, 0.4) is 0 Å². The van der Waals surface area contributed by atoms with Gasteiger partial charge in [-0.15, -0.1) is 0 Å². The van der Waals surface area contributed by atoms with Crippen molar-refractivity contribution in [3.63, 3.8) is 0 Å². The van der Waals surface area contributed by atoms with Gasteiger partial charge in [-0.25, -0.2) is 4.57 Å². The monoisotopic (exact) mass is 1230 g/mol. The number of rotatable bonds is 68. The number of hydrogen-bond donors (Lipinski definition) is 1. The number of unbranched alkanes of at least 4 members (excludes halogenated alkanes) is 42. The lowest BCUT2D eigenvalue weighted by atomic mass is 10.0. The molecule has 0 saturated carbocycles. The van der Waals surface area contributed by atoms with Crippen molar-refractivity contribution in [1.29, 1.82) is 0 Å². The Morgan fingerprint density at radius 2 is 0.663 bits per heavy atom. The second kappa shape index (κ2) is 66.9. The highest BCUT2D eigenvalue weighted by Gasteiger charge is 2.27. The number of phosphoric ester groups is 1. The number of quaternary nitrogens is 1. The fourth-order valence-corrected chi connectivity index (χ4v) is 11.4. The van der Waals surface area contributed by atoms with Crippen LogP contribution < -0.4 is 0 Å². The van der Waals surface area contributed by atoms with E-state index in [2.05, 4.69) is 86.8 Å². The predicted octanol–water partition coefficient (Wildman–Crippen LogP) is 23.9. The van der Waals surface area contributed by atoms with Gasteiger partial charge in [0.25, 0.3) is 0 Å². The number of phosphoric acid groups is 1. The molecule has 0 radical (unpaired) electrons. The molecule has 0 aromatic rings. The Hall–Kier alpha value is -2.55. The first-order valence-corrected chi connectivity index (χ1v) is 38.2. The van der Waals surface area contributed by atoms with Crippen molar-refractivity contribution < 1.29 is 42.1 Å². The highest BCUT2D eigenvalue weighted by Crippen LogP contribution is 2.43. The van der Waals surface area contributed by atoms with Crippen LogP contribution in [0.5, 0.6) is 0 Å². The number of esters is 2. The molecule has 0 bridgehead atoms. The first-order valence-electron chi connectivity index (χ1n) is 36.7. The smallest absolute Gasteiger partial charge is 0.462 e. The molecular formula is C76H141NO8P+. The standard InChI is InChI=1S/C76H140NO8P/c1-6-8-10-12-14-16-18-20-22-24-26-28-30-32-34-35-36-37-38-39-40-41-43-45-47-49-51-53-55-57-59-61-63-65-67-69-76(79)85-74(73-84-86(80,81)83-71-70-77(3,4)5)72-82-75(78)68-66-64-62-60-58-56-54-52-50-48-46-44-42-33-31-29-27-25-23-21-19-17-15-13-11-9-7-2/h8,10,14,16,20,22,26,28,32,34,36-37,74H,6-7,9,11-13,15,17-19,21,23-25,27,29-31,33,35,38-73H2,1-5H3/p+1/b10-8-,16-14-,22-20-,28-26-,34-32-,37-36-. The quantitative estimate of drug-likeness (QED) is 0.0211. The van der Waals surface area contributed by atoms with Crippen molar-refractivity contribution >= 4 is 19.8 Å². The molecule has 0 aliphatic rings. The number of ether oxygens (including phenoxy) is 2. The Kier molecular flexibility index (Phi) is 64.9. The normalized spacial score (nSPS) is 13.5.